The maximum Gasteiger partial charge on any atom is 0.259 e. The summed E-state index contributed by atoms with van der Waals surface area (Å²) in [5.74, 6) is -0.907. The molecular formula is C16H12N2O3S. The molecule has 0 spiro atoms. The number of hydrogen-bond acceptors (Lipinski definition) is 4. The van der Waals surface area contributed by atoms with E-state index >= 15 is 0 Å². The molecular weight excluding hydrogens is 300 g/mol. The highest BCUT2D eigenvalue weighted by Gasteiger charge is 2.40. The van der Waals surface area contributed by atoms with Gasteiger partial charge in [-0.3, -0.25) is 24.6 Å². The summed E-state index contributed by atoms with van der Waals surface area (Å²) in [5.41, 5.74) is 1.29. The number of nitrogens with one attached hydrogen (secondary N) is 1. The molecule has 0 bridgehead atoms. The normalized spacial score (nSPS) is 20.7. The summed E-state index contributed by atoms with van der Waals surface area (Å²) in [7, 11) is 0. The van der Waals surface area contributed by atoms with Crippen LogP contribution in [0.1, 0.15) is 23.2 Å². The van der Waals surface area contributed by atoms with E-state index in [1.54, 1.807) is 6.07 Å². The van der Waals surface area contributed by atoms with Crippen LogP contribution in [0.4, 0.5) is 5.69 Å². The molecule has 4 rings (SSSR count). The quantitative estimate of drug-likeness (QED) is 0.624. The molecule has 6 heteroatoms. The van der Waals surface area contributed by atoms with E-state index in [-0.39, 0.29) is 18.2 Å². The zero-order valence-electron chi connectivity index (χ0n) is 11.5. The fourth-order valence-corrected chi connectivity index (χ4v) is 3.49. The van der Waals surface area contributed by atoms with Crippen LogP contribution in [0.2, 0.25) is 0 Å². The Balaban J connectivity index is 1.89. The van der Waals surface area contributed by atoms with Gasteiger partial charge in [0.05, 0.1) is 5.69 Å². The van der Waals surface area contributed by atoms with Crippen LogP contribution < -0.4 is 10.2 Å². The van der Waals surface area contributed by atoms with E-state index in [0.29, 0.717) is 17.7 Å². The van der Waals surface area contributed by atoms with E-state index in [4.69, 9.17) is 0 Å². The van der Waals surface area contributed by atoms with Gasteiger partial charge in [0.1, 0.15) is 6.04 Å². The number of carbonyl (C=O) groups is 3. The molecule has 1 saturated heterocycles. The van der Waals surface area contributed by atoms with Gasteiger partial charge in [0.25, 0.3) is 5.91 Å². The van der Waals surface area contributed by atoms with E-state index in [1.165, 1.54) is 4.90 Å². The molecule has 2 aromatic rings. The van der Waals surface area contributed by atoms with Gasteiger partial charge in [0.2, 0.25) is 11.8 Å². The molecule has 3 amide bonds. The van der Waals surface area contributed by atoms with Gasteiger partial charge in [0.15, 0.2) is 0 Å². The number of anilines is 1. The summed E-state index contributed by atoms with van der Waals surface area (Å²) in [6, 6.07) is 8.46. The number of nitrogens with zero attached hydrogens (tertiary/aromatic N) is 1. The molecule has 0 saturated carbocycles. The number of benzene rings is 2. The van der Waals surface area contributed by atoms with Crippen molar-refractivity contribution in [1.29, 1.82) is 0 Å². The van der Waals surface area contributed by atoms with Crippen molar-refractivity contribution in [3.8, 4) is 0 Å². The van der Waals surface area contributed by atoms with Crippen LogP contribution in [0.5, 0.6) is 0 Å². The van der Waals surface area contributed by atoms with Crippen molar-refractivity contribution in [2.45, 2.75) is 23.8 Å². The number of carbonyl (C=O) groups excluding carboxylic acids is 3. The Bertz CT molecular complexity index is 862. The summed E-state index contributed by atoms with van der Waals surface area (Å²) in [6.07, 6.45) is 0.582. The Labute approximate surface area is 131 Å². The van der Waals surface area contributed by atoms with Crippen molar-refractivity contribution in [1.82, 2.24) is 5.32 Å². The van der Waals surface area contributed by atoms with E-state index in [9.17, 15) is 14.4 Å². The highest BCUT2D eigenvalue weighted by atomic mass is 32.1. The molecule has 1 fully saturated rings. The Morgan fingerprint density at radius 2 is 1.95 bits per heavy atom. The fraction of sp³-hybridized carbons (Fsp3) is 0.188. The number of amides is 3. The second kappa shape index (κ2) is 4.58. The monoisotopic (exact) mass is 312 g/mol. The summed E-state index contributed by atoms with van der Waals surface area (Å²) < 4.78 is 0. The maximum atomic E-state index is 12.8. The van der Waals surface area contributed by atoms with Gasteiger partial charge in [-0.1, -0.05) is 12.1 Å². The molecule has 5 nitrogen and oxygen atoms in total. The highest BCUT2D eigenvalue weighted by Crippen LogP contribution is 2.41. The van der Waals surface area contributed by atoms with Crippen molar-refractivity contribution >= 4 is 46.8 Å². The van der Waals surface area contributed by atoms with Crippen LogP contribution in [0.25, 0.3) is 10.8 Å². The SMILES string of the molecule is O=C1CCC(N2C(=O)c3cccc4c(S)ccc2c34)C(=O)N1. The predicted molar refractivity (Wildman–Crippen MR) is 84.2 cm³/mol. The summed E-state index contributed by atoms with van der Waals surface area (Å²) >= 11 is 4.43. The molecule has 0 radical (unpaired) electrons. The first-order valence-electron chi connectivity index (χ1n) is 7.00. The Kier molecular flexibility index (Phi) is 2.77. The van der Waals surface area contributed by atoms with E-state index in [1.807, 2.05) is 24.3 Å². The van der Waals surface area contributed by atoms with Crippen LogP contribution in [-0.2, 0) is 9.59 Å². The minimum Gasteiger partial charge on any atom is -0.295 e. The average Bonchev–Trinajstić information content (AvgIpc) is 2.78. The Morgan fingerprint density at radius 3 is 2.73 bits per heavy atom. The maximum absolute atomic E-state index is 12.8. The van der Waals surface area contributed by atoms with E-state index < -0.39 is 11.9 Å². The number of rotatable bonds is 1. The van der Waals surface area contributed by atoms with Crippen LogP contribution in [0, 0.1) is 0 Å². The number of piperidine rings is 1. The lowest BCUT2D eigenvalue weighted by molar-refractivity contribution is -0.134. The topological polar surface area (TPSA) is 66.5 Å². The molecule has 2 heterocycles. The zero-order chi connectivity index (χ0) is 15.4. The molecule has 1 unspecified atom stereocenters. The molecule has 22 heavy (non-hydrogen) atoms. The largest absolute Gasteiger partial charge is 0.295 e. The third-order valence-corrected chi connectivity index (χ3v) is 4.62. The third-order valence-electron chi connectivity index (χ3n) is 4.23. The van der Waals surface area contributed by atoms with Crippen LogP contribution in [0.3, 0.4) is 0 Å². The van der Waals surface area contributed by atoms with Crippen LogP contribution >= 0.6 is 12.6 Å². The van der Waals surface area contributed by atoms with Gasteiger partial charge in [-0.15, -0.1) is 12.6 Å². The second-order valence-electron chi connectivity index (χ2n) is 5.47. The van der Waals surface area contributed by atoms with Crippen molar-refractivity contribution < 1.29 is 14.4 Å². The van der Waals surface area contributed by atoms with Gasteiger partial charge < -0.3 is 0 Å². The Morgan fingerprint density at radius 1 is 1.14 bits per heavy atom. The average molecular weight is 312 g/mol. The van der Waals surface area contributed by atoms with Gasteiger partial charge in [0, 0.05) is 22.3 Å². The van der Waals surface area contributed by atoms with Crippen LogP contribution in [-0.4, -0.2) is 23.8 Å². The lowest BCUT2D eigenvalue weighted by Crippen LogP contribution is -2.53. The van der Waals surface area contributed by atoms with Gasteiger partial charge >= 0.3 is 0 Å². The van der Waals surface area contributed by atoms with E-state index in [2.05, 4.69) is 17.9 Å². The molecule has 1 N–H and O–H groups in total. The van der Waals surface area contributed by atoms with Crippen LogP contribution in [0.15, 0.2) is 35.2 Å². The lowest BCUT2D eigenvalue weighted by atomic mass is 10.0. The number of thiol groups is 1. The zero-order valence-corrected chi connectivity index (χ0v) is 12.4. The first kappa shape index (κ1) is 13.3. The molecule has 2 aliphatic rings. The number of hydrogen-bond donors (Lipinski definition) is 2. The first-order valence-corrected chi connectivity index (χ1v) is 7.44. The van der Waals surface area contributed by atoms with Crippen molar-refractivity contribution in [3.63, 3.8) is 0 Å². The Hall–Kier alpha value is -2.34. The molecule has 1 atom stereocenters. The molecule has 2 aromatic carbocycles. The number of imide groups is 1. The van der Waals surface area contributed by atoms with Crippen molar-refractivity contribution in [3.05, 3.63) is 35.9 Å². The fourth-order valence-electron chi connectivity index (χ4n) is 3.23. The molecule has 110 valence electrons. The van der Waals surface area contributed by atoms with Crippen molar-refractivity contribution in [2.24, 2.45) is 0 Å². The minimum absolute atomic E-state index is 0.200. The van der Waals surface area contributed by atoms with Gasteiger partial charge in [-0.05, 0) is 30.0 Å². The molecule has 0 aromatic heterocycles. The highest BCUT2D eigenvalue weighted by molar-refractivity contribution is 7.80. The van der Waals surface area contributed by atoms with Gasteiger partial charge in [-0.2, -0.15) is 0 Å². The first-order chi connectivity index (χ1) is 10.6. The summed E-state index contributed by atoms with van der Waals surface area (Å²) in [4.78, 5) is 38.5. The third kappa shape index (κ3) is 1.70. The second-order valence-corrected chi connectivity index (χ2v) is 5.96. The summed E-state index contributed by atoms with van der Waals surface area (Å²) in [6.45, 7) is 0. The van der Waals surface area contributed by atoms with Gasteiger partial charge in [-0.25, -0.2) is 0 Å². The summed E-state index contributed by atoms with van der Waals surface area (Å²) in [5, 5.41) is 4.02. The smallest absolute Gasteiger partial charge is 0.259 e. The van der Waals surface area contributed by atoms with E-state index in [0.717, 1.165) is 15.7 Å². The molecule has 2 aliphatic heterocycles. The predicted octanol–water partition coefficient (Wildman–Crippen LogP) is 1.89. The van der Waals surface area contributed by atoms with Crippen molar-refractivity contribution in [2.75, 3.05) is 4.90 Å². The minimum atomic E-state index is -0.647. The standard InChI is InChI=1S/C16H12N2O3S/c19-13-7-5-11(15(20)17-13)18-10-4-6-12(22)8-2-1-3-9(14(8)10)16(18)21/h1-4,6,11,22H,5,7H2,(H,17,19,20). The lowest BCUT2D eigenvalue weighted by Gasteiger charge is -2.30. The molecule has 0 aliphatic carbocycles.